The molecule has 0 unspecified atom stereocenters. The normalized spacial score (nSPS) is 10.3. The first-order chi connectivity index (χ1) is 9.22. The van der Waals surface area contributed by atoms with Crippen molar-refractivity contribution in [2.45, 2.75) is 12.8 Å². The van der Waals surface area contributed by atoms with Gasteiger partial charge in [-0.05, 0) is 48.2 Å². The molecule has 0 radical (unpaired) electrons. The van der Waals surface area contributed by atoms with Crippen LogP contribution >= 0.6 is 0 Å². The minimum Gasteiger partial charge on any atom is -0.493 e. The van der Waals surface area contributed by atoms with Crippen LogP contribution < -0.4 is 9.47 Å². The smallest absolute Gasteiger partial charge is 0.160 e. The Morgan fingerprint density at radius 2 is 1.53 bits per heavy atom. The maximum absolute atomic E-state index is 13.1. The average Bonchev–Trinajstić information content (AvgIpc) is 2.45. The number of methoxy groups -OCH3 is 2. The van der Waals surface area contributed by atoms with Crippen LogP contribution in [0.4, 0.5) is 4.39 Å². The molecule has 0 bridgehead atoms. The molecular weight excluding hydrogens is 243 g/mol. The van der Waals surface area contributed by atoms with E-state index in [0.29, 0.717) is 0 Å². The first-order valence-electron chi connectivity index (χ1n) is 6.18. The lowest BCUT2D eigenvalue weighted by Gasteiger charge is -2.09. The van der Waals surface area contributed by atoms with Crippen LogP contribution in [0.15, 0.2) is 42.5 Å². The minimum atomic E-state index is -0.190. The molecule has 2 aromatic carbocycles. The molecule has 0 aliphatic rings. The highest BCUT2D eigenvalue weighted by Gasteiger charge is 2.05. The van der Waals surface area contributed by atoms with Gasteiger partial charge in [-0.25, -0.2) is 4.39 Å². The maximum Gasteiger partial charge on any atom is 0.160 e. The summed E-state index contributed by atoms with van der Waals surface area (Å²) < 4.78 is 23.5. The standard InChI is InChI=1S/C16H17FO2/c1-18-15-9-8-13(11-16(15)19-2)7-6-12-4-3-5-14(17)10-12/h3-5,8-11H,6-7H2,1-2H3. The van der Waals surface area contributed by atoms with Gasteiger partial charge in [-0.3, -0.25) is 0 Å². The second kappa shape index (κ2) is 6.23. The monoisotopic (exact) mass is 260 g/mol. The van der Waals surface area contributed by atoms with Crippen molar-refractivity contribution in [2.75, 3.05) is 14.2 Å². The summed E-state index contributed by atoms with van der Waals surface area (Å²) in [5.41, 5.74) is 2.14. The largest absolute Gasteiger partial charge is 0.493 e. The Bertz CT molecular complexity index is 552. The summed E-state index contributed by atoms with van der Waals surface area (Å²) in [6.07, 6.45) is 1.64. The molecule has 0 atom stereocenters. The molecular formula is C16H17FO2. The van der Waals surface area contributed by atoms with Gasteiger partial charge in [-0.15, -0.1) is 0 Å². The molecule has 19 heavy (non-hydrogen) atoms. The van der Waals surface area contributed by atoms with Gasteiger partial charge in [0.15, 0.2) is 11.5 Å². The predicted octanol–water partition coefficient (Wildman–Crippen LogP) is 3.63. The van der Waals surface area contributed by atoms with Crippen molar-refractivity contribution in [3.63, 3.8) is 0 Å². The van der Waals surface area contributed by atoms with Crippen molar-refractivity contribution in [1.29, 1.82) is 0 Å². The molecule has 2 aromatic rings. The molecule has 100 valence electrons. The highest BCUT2D eigenvalue weighted by atomic mass is 19.1. The zero-order chi connectivity index (χ0) is 13.7. The Morgan fingerprint density at radius 3 is 2.16 bits per heavy atom. The fourth-order valence-corrected chi connectivity index (χ4v) is 2.02. The Labute approximate surface area is 112 Å². The van der Waals surface area contributed by atoms with Gasteiger partial charge in [-0.2, -0.15) is 0 Å². The predicted molar refractivity (Wildman–Crippen MR) is 73.4 cm³/mol. The third-order valence-corrected chi connectivity index (χ3v) is 3.04. The number of rotatable bonds is 5. The van der Waals surface area contributed by atoms with Gasteiger partial charge in [0.05, 0.1) is 14.2 Å². The van der Waals surface area contributed by atoms with Crippen LogP contribution in [0, 0.1) is 5.82 Å². The van der Waals surface area contributed by atoms with Crippen LogP contribution in [-0.2, 0) is 12.8 Å². The Kier molecular flexibility index (Phi) is 4.39. The third kappa shape index (κ3) is 3.47. The number of hydrogen-bond donors (Lipinski definition) is 0. The van der Waals surface area contributed by atoms with Crippen molar-refractivity contribution >= 4 is 0 Å². The Balaban J connectivity index is 2.07. The van der Waals surface area contributed by atoms with Crippen LogP contribution in [0.2, 0.25) is 0 Å². The van der Waals surface area contributed by atoms with E-state index in [2.05, 4.69) is 0 Å². The molecule has 3 heteroatoms. The van der Waals surface area contributed by atoms with Gasteiger partial charge in [0, 0.05) is 0 Å². The lowest BCUT2D eigenvalue weighted by atomic mass is 10.0. The molecule has 0 N–H and O–H groups in total. The van der Waals surface area contributed by atoms with Crippen molar-refractivity contribution in [3.8, 4) is 11.5 Å². The fraction of sp³-hybridized carbons (Fsp3) is 0.250. The van der Waals surface area contributed by atoms with Gasteiger partial charge in [0.25, 0.3) is 0 Å². The molecule has 0 spiro atoms. The maximum atomic E-state index is 13.1. The highest BCUT2D eigenvalue weighted by Crippen LogP contribution is 2.28. The van der Waals surface area contributed by atoms with E-state index in [1.807, 2.05) is 24.3 Å². The number of ether oxygens (including phenoxy) is 2. The number of halogens is 1. The van der Waals surface area contributed by atoms with Crippen LogP contribution in [0.5, 0.6) is 11.5 Å². The summed E-state index contributed by atoms with van der Waals surface area (Å²) in [5, 5.41) is 0. The highest BCUT2D eigenvalue weighted by molar-refractivity contribution is 5.43. The van der Waals surface area contributed by atoms with E-state index in [0.717, 1.165) is 35.5 Å². The number of hydrogen-bond acceptors (Lipinski definition) is 2. The molecule has 0 amide bonds. The lowest BCUT2D eigenvalue weighted by Crippen LogP contribution is -1.95. The summed E-state index contributed by atoms with van der Waals surface area (Å²) in [5.74, 6) is 1.25. The van der Waals surface area contributed by atoms with Crippen LogP contribution in [-0.4, -0.2) is 14.2 Å². The summed E-state index contributed by atoms with van der Waals surface area (Å²) >= 11 is 0. The second-order valence-electron chi connectivity index (χ2n) is 4.32. The first kappa shape index (κ1) is 13.4. The zero-order valence-electron chi connectivity index (χ0n) is 11.2. The minimum absolute atomic E-state index is 0.190. The van der Waals surface area contributed by atoms with E-state index in [1.165, 1.54) is 6.07 Å². The molecule has 0 fully saturated rings. The van der Waals surface area contributed by atoms with Crippen molar-refractivity contribution in [3.05, 3.63) is 59.4 Å². The average molecular weight is 260 g/mol. The second-order valence-corrected chi connectivity index (χ2v) is 4.32. The SMILES string of the molecule is COc1ccc(CCc2cccc(F)c2)cc1OC. The molecule has 0 heterocycles. The molecule has 0 saturated carbocycles. The molecule has 0 aliphatic carbocycles. The Morgan fingerprint density at radius 1 is 0.842 bits per heavy atom. The van der Waals surface area contributed by atoms with Crippen LogP contribution in [0.3, 0.4) is 0 Å². The molecule has 2 rings (SSSR count). The summed E-state index contributed by atoms with van der Waals surface area (Å²) in [6.45, 7) is 0. The topological polar surface area (TPSA) is 18.5 Å². The van der Waals surface area contributed by atoms with E-state index in [-0.39, 0.29) is 5.82 Å². The van der Waals surface area contributed by atoms with Crippen LogP contribution in [0.25, 0.3) is 0 Å². The molecule has 0 aliphatic heterocycles. The summed E-state index contributed by atoms with van der Waals surface area (Å²) in [6, 6.07) is 12.5. The molecule has 2 nitrogen and oxygen atoms in total. The van der Waals surface area contributed by atoms with Gasteiger partial charge in [0.1, 0.15) is 5.82 Å². The van der Waals surface area contributed by atoms with Crippen molar-refractivity contribution in [2.24, 2.45) is 0 Å². The van der Waals surface area contributed by atoms with E-state index < -0.39 is 0 Å². The van der Waals surface area contributed by atoms with Gasteiger partial charge in [-0.1, -0.05) is 18.2 Å². The van der Waals surface area contributed by atoms with E-state index in [4.69, 9.17) is 9.47 Å². The van der Waals surface area contributed by atoms with Crippen LogP contribution in [0.1, 0.15) is 11.1 Å². The number of aryl methyl sites for hydroxylation is 2. The molecule has 0 aromatic heterocycles. The van der Waals surface area contributed by atoms with E-state index >= 15 is 0 Å². The summed E-state index contributed by atoms with van der Waals surface area (Å²) in [4.78, 5) is 0. The van der Waals surface area contributed by atoms with Gasteiger partial charge < -0.3 is 9.47 Å². The fourth-order valence-electron chi connectivity index (χ4n) is 2.02. The van der Waals surface area contributed by atoms with Crippen molar-refractivity contribution < 1.29 is 13.9 Å². The van der Waals surface area contributed by atoms with E-state index in [1.54, 1.807) is 26.4 Å². The molecule has 0 saturated heterocycles. The number of benzene rings is 2. The van der Waals surface area contributed by atoms with E-state index in [9.17, 15) is 4.39 Å². The Hall–Kier alpha value is -2.03. The van der Waals surface area contributed by atoms with Gasteiger partial charge in [0.2, 0.25) is 0 Å². The first-order valence-corrected chi connectivity index (χ1v) is 6.18. The quantitative estimate of drug-likeness (QED) is 0.817. The zero-order valence-corrected chi connectivity index (χ0v) is 11.2. The van der Waals surface area contributed by atoms with Gasteiger partial charge >= 0.3 is 0 Å². The third-order valence-electron chi connectivity index (χ3n) is 3.04. The van der Waals surface area contributed by atoms with Crippen molar-refractivity contribution in [1.82, 2.24) is 0 Å². The lowest BCUT2D eigenvalue weighted by molar-refractivity contribution is 0.354. The summed E-state index contributed by atoms with van der Waals surface area (Å²) in [7, 11) is 3.23.